The lowest BCUT2D eigenvalue weighted by atomic mass is 9.94. The van der Waals surface area contributed by atoms with Gasteiger partial charge in [-0.15, -0.1) is 0 Å². The molecular formula is C20H20N2O4. The fraction of sp³-hybridized carbons (Fsp3) is 0.300. The average molecular weight is 352 g/mol. The van der Waals surface area contributed by atoms with Gasteiger partial charge in [-0.1, -0.05) is 42.5 Å². The number of hydrogen-bond donors (Lipinski definition) is 1. The van der Waals surface area contributed by atoms with Gasteiger partial charge >= 0.3 is 6.09 Å². The van der Waals surface area contributed by atoms with Crippen LogP contribution in [0, 0.1) is 0 Å². The van der Waals surface area contributed by atoms with Crippen LogP contribution in [0.15, 0.2) is 54.6 Å². The van der Waals surface area contributed by atoms with Crippen LogP contribution in [-0.4, -0.2) is 45.7 Å². The number of hydrogen-bond acceptors (Lipinski definition) is 3. The monoisotopic (exact) mass is 352 g/mol. The summed E-state index contributed by atoms with van der Waals surface area (Å²) in [6, 6.07) is 17.0. The van der Waals surface area contributed by atoms with E-state index >= 15 is 0 Å². The van der Waals surface area contributed by atoms with E-state index in [2.05, 4.69) is 0 Å². The van der Waals surface area contributed by atoms with Gasteiger partial charge in [-0.3, -0.25) is 9.69 Å². The maximum Gasteiger partial charge on any atom is 0.407 e. The number of likely N-dealkylation sites (tertiary alicyclic amines) is 1. The van der Waals surface area contributed by atoms with Gasteiger partial charge < -0.3 is 14.7 Å². The van der Waals surface area contributed by atoms with Gasteiger partial charge in [0.25, 0.3) is 5.91 Å². The summed E-state index contributed by atoms with van der Waals surface area (Å²) < 4.78 is 6.33. The molecule has 2 heterocycles. The van der Waals surface area contributed by atoms with Crippen LogP contribution in [0.2, 0.25) is 0 Å². The standard InChI is InChI=1S/C20H20N2O4/c23-18-16-8-4-5-9-17(16)26-20(10-12-21(13-11-20)19(24)25)22(18)14-15-6-2-1-3-7-15/h1-9H,10-14H2,(H,24,25). The molecule has 0 radical (unpaired) electrons. The predicted octanol–water partition coefficient (Wildman–Crippen LogP) is 3.19. The Balaban J connectivity index is 1.70. The van der Waals surface area contributed by atoms with Crippen molar-refractivity contribution >= 4 is 12.0 Å². The van der Waals surface area contributed by atoms with Crippen LogP contribution < -0.4 is 4.74 Å². The van der Waals surface area contributed by atoms with Crippen LogP contribution in [0.3, 0.4) is 0 Å². The molecule has 6 heteroatoms. The van der Waals surface area contributed by atoms with Crippen LogP contribution >= 0.6 is 0 Å². The van der Waals surface area contributed by atoms with Gasteiger partial charge in [0.15, 0.2) is 5.72 Å². The van der Waals surface area contributed by atoms with Crippen molar-refractivity contribution < 1.29 is 19.4 Å². The summed E-state index contributed by atoms with van der Waals surface area (Å²) in [5, 5.41) is 9.24. The number of carbonyl (C=O) groups is 2. The maximum absolute atomic E-state index is 13.2. The minimum atomic E-state index is -0.933. The van der Waals surface area contributed by atoms with E-state index in [1.807, 2.05) is 42.5 Å². The third-order valence-corrected chi connectivity index (χ3v) is 5.15. The van der Waals surface area contributed by atoms with Crippen molar-refractivity contribution in [1.82, 2.24) is 9.80 Å². The summed E-state index contributed by atoms with van der Waals surface area (Å²) in [6.45, 7) is 1.12. The van der Waals surface area contributed by atoms with Crippen molar-refractivity contribution in [2.24, 2.45) is 0 Å². The van der Waals surface area contributed by atoms with Crippen LogP contribution in [0.5, 0.6) is 5.75 Å². The first-order valence-electron chi connectivity index (χ1n) is 8.71. The Morgan fingerprint density at radius 3 is 2.38 bits per heavy atom. The molecule has 6 nitrogen and oxygen atoms in total. The molecule has 0 aromatic heterocycles. The van der Waals surface area contributed by atoms with Gasteiger partial charge in [0.2, 0.25) is 0 Å². The molecular weight excluding hydrogens is 332 g/mol. The van der Waals surface area contributed by atoms with Crippen molar-refractivity contribution in [2.75, 3.05) is 13.1 Å². The third kappa shape index (κ3) is 2.77. The van der Waals surface area contributed by atoms with Crippen LogP contribution in [-0.2, 0) is 6.54 Å². The molecule has 0 atom stereocenters. The maximum atomic E-state index is 13.2. The average Bonchev–Trinajstić information content (AvgIpc) is 2.66. The first-order chi connectivity index (χ1) is 12.6. The molecule has 0 saturated carbocycles. The summed E-state index contributed by atoms with van der Waals surface area (Å²) >= 11 is 0. The van der Waals surface area contributed by atoms with Crippen molar-refractivity contribution in [3.8, 4) is 5.75 Å². The van der Waals surface area contributed by atoms with E-state index in [0.29, 0.717) is 43.8 Å². The lowest BCUT2D eigenvalue weighted by Gasteiger charge is -2.50. The smallest absolute Gasteiger partial charge is 0.407 e. The van der Waals surface area contributed by atoms with Crippen molar-refractivity contribution in [3.63, 3.8) is 0 Å². The summed E-state index contributed by atoms with van der Waals surface area (Å²) in [5.41, 5.74) is 0.756. The molecule has 2 aliphatic heterocycles. The van der Waals surface area contributed by atoms with Crippen molar-refractivity contribution in [2.45, 2.75) is 25.1 Å². The van der Waals surface area contributed by atoms with E-state index in [1.165, 1.54) is 4.90 Å². The highest BCUT2D eigenvalue weighted by Crippen LogP contribution is 2.40. The Labute approximate surface area is 151 Å². The molecule has 0 aliphatic carbocycles. The molecule has 2 aliphatic rings. The highest BCUT2D eigenvalue weighted by Gasteiger charge is 2.49. The summed E-state index contributed by atoms with van der Waals surface area (Å²) in [7, 11) is 0. The lowest BCUT2D eigenvalue weighted by molar-refractivity contribution is -0.111. The highest BCUT2D eigenvalue weighted by atomic mass is 16.5. The molecule has 1 N–H and O–H groups in total. The van der Waals surface area contributed by atoms with Gasteiger partial charge in [-0.2, -0.15) is 0 Å². The van der Waals surface area contributed by atoms with Gasteiger partial charge in [0.05, 0.1) is 5.56 Å². The molecule has 2 aromatic rings. The summed E-state index contributed by atoms with van der Waals surface area (Å²) in [5.74, 6) is 0.505. The topological polar surface area (TPSA) is 70.1 Å². The zero-order valence-electron chi connectivity index (χ0n) is 14.3. The Morgan fingerprint density at radius 1 is 1.04 bits per heavy atom. The van der Waals surface area contributed by atoms with E-state index in [9.17, 15) is 14.7 Å². The molecule has 1 spiro atoms. The Hall–Kier alpha value is -3.02. The Kier molecular flexibility index (Phi) is 4.03. The number of ether oxygens (including phenoxy) is 1. The molecule has 0 bridgehead atoms. The molecule has 2 amide bonds. The molecule has 134 valence electrons. The molecule has 26 heavy (non-hydrogen) atoms. The number of para-hydroxylation sites is 1. The molecule has 1 fully saturated rings. The molecule has 4 rings (SSSR count). The zero-order chi connectivity index (χ0) is 18.1. The summed E-state index contributed by atoms with van der Waals surface area (Å²) in [4.78, 5) is 27.6. The minimum Gasteiger partial charge on any atom is -0.467 e. The Morgan fingerprint density at radius 2 is 1.69 bits per heavy atom. The van der Waals surface area contributed by atoms with Crippen molar-refractivity contribution in [3.05, 3.63) is 65.7 Å². The fourth-order valence-corrected chi connectivity index (χ4v) is 3.72. The number of carboxylic acid groups (broad SMARTS) is 1. The quantitative estimate of drug-likeness (QED) is 0.901. The van der Waals surface area contributed by atoms with E-state index < -0.39 is 11.8 Å². The van der Waals surface area contributed by atoms with Gasteiger partial charge in [0, 0.05) is 32.5 Å². The van der Waals surface area contributed by atoms with Gasteiger partial charge in [-0.05, 0) is 17.7 Å². The van der Waals surface area contributed by atoms with E-state index in [0.717, 1.165) is 5.56 Å². The SMILES string of the molecule is O=C(O)N1CCC2(CC1)Oc1ccccc1C(=O)N2Cc1ccccc1. The predicted molar refractivity (Wildman–Crippen MR) is 94.9 cm³/mol. The second-order valence-electron chi connectivity index (χ2n) is 6.69. The number of carbonyl (C=O) groups excluding carboxylic acids is 1. The number of rotatable bonds is 2. The normalized spacial score (nSPS) is 18.4. The van der Waals surface area contributed by atoms with E-state index in [4.69, 9.17) is 4.74 Å². The van der Waals surface area contributed by atoms with Gasteiger partial charge in [0.1, 0.15) is 5.75 Å². The molecule has 0 unspecified atom stereocenters. The van der Waals surface area contributed by atoms with E-state index in [-0.39, 0.29) is 5.91 Å². The van der Waals surface area contributed by atoms with Crippen LogP contribution in [0.1, 0.15) is 28.8 Å². The summed E-state index contributed by atoms with van der Waals surface area (Å²) in [6.07, 6.45) is -0.0321. The minimum absolute atomic E-state index is 0.0699. The number of fused-ring (bicyclic) bond motifs is 1. The Bertz CT molecular complexity index is 829. The van der Waals surface area contributed by atoms with E-state index in [1.54, 1.807) is 17.0 Å². The highest BCUT2D eigenvalue weighted by molar-refractivity contribution is 5.98. The number of amides is 2. The largest absolute Gasteiger partial charge is 0.467 e. The fourth-order valence-electron chi connectivity index (χ4n) is 3.72. The molecule has 1 saturated heterocycles. The lowest BCUT2D eigenvalue weighted by Crippen LogP contribution is -2.62. The second-order valence-corrected chi connectivity index (χ2v) is 6.69. The van der Waals surface area contributed by atoms with Crippen LogP contribution in [0.25, 0.3) is 0 Å². The first-order valence-corrected chi connectivity index (χ1v) is 8.71. The second kappa shape index (κ2) is 6.37. The van der Waals surface area contributed by atoms with Gasteiger partial charge in [-0.25, -0.2) is 4.79 Å². The third-order valence-electron chi connectivity index (χ3n) is 5.15. The number of benzene rings is 2. The molecule has 2 aromatic carbocycles. The zero-order valence-corrected chi connectivity index (χ0v) is 14.3. The number of nitrogens with zero attached hydrogens (tertiary/aromatic N) is 2. The first kappa shape index (κ1) is 16.4. The van der Waals surface area contributed by atoms with Crippen LogP contribution in [0.4, 0.5) is 4.79 Å². The number of piperidine rings is 1. The van der Waals surface area contributed by atoms with Crippen molar-refractivity contribution in [1.29, 1.82) is 0 Å².